The first kappa shape index (κ1) is 92.1. The highest BCUT2D eigenvalue weighted by atomic mass is 32.2. The summed E-state index contributed by atoms with van der Waals surface area (Å²) in [6.07, 6.45) is -12.5. The van der Waals surface area contributed by atoms with Gasteiger partial charge in [-0.15, -0.1) is 0 Å². The minimum absolute atomic E-state index is 0.0174. The molecule has 0 bridgehead atoms. The minimum Gasteiger partial charge on any atom is -0.386 e. The number of rotatable bonds is 42. The minimum atomic E-state index is -5.56. The summed E-state index contributed by atoms with van der Waals surface area (Å²) >= 11 is 2.80. The number of fused-ring (bicyclic) bond motifs is 2. The summed E-state index contributed by atoms with van der Waals surface area (Å²) in [5.41, 5.74) is 8.58. The molecule has 0 aromatic carbocycles. The maximum absolute atomic E-state index is 12.7. The quantitative estimate of drug-likeness (QED) is 0.0196. The number of imidazole rings is 2. The van der Waals surface area contributed by atoms with E-state index in [9.17, 15) is 111 Å². The summed E-state index contributed by atoms with van der Waals surface area (Å²) in [5, 5.41) is 52.8. The number of nitrogens with two attached hydrogens (primary N) is 2. The summed E-state index contributed by atoms with van der Waals surface area (Å²) < 4.78 is 124. The van der Waals surface area contributed by atoms with Gasteiger partial charge in [-0.05, 0) is 11.7 Å². The van der Waals surface area contributed by atoms with Crippen molar-refractivity contribution >= 4 is 133 Å². The largest absolute Gasteiger partial charge is 0.481 e. The van der Waals surface area contributed by atoms with E-state index in [1.807, 2.05) is 0 Å². The van der Waals surface area contributed by atoms with Crippen LogP contribution in [0.25, 0.3) is 22.3 Å². The predicted octanol–water partition coefficient (Wildman–Crippen LogP) is -0.495. The number of aliphatic hydroxyl groups is 4. The number of hydrogen-bond donors (Lipinski definition) is 18. The first-order chi connectivity index (χ1) is 49.0. The van der Waals surface area contributed by atoms with Crippen molar-refractivity contribution in [2.24, 2.45) is 22.7 Å². The number of nitrogens with zero attached hydrogens (tertiary/aromatic N) is 8. The lowest BCUT2D eigenvalue weighted by Crippen LogP contribution is -2.46. The molecule has 602 valence electrons. The average Bonchev–Trinajstić information content (AvgIpc) is 1.62. The molecular formula is C51H88N14O33P6S2. The fraction of sp³-hybridized carbons (Fsp3) is 0.706. The van der Waals surface area contributed by atoms with Gasteiger partial charge in [0.15, 0.2) is 40.5 Å². The van der Waals surface area contributed by atoms with Crippen molar-refractivity contribution < 1.29 is 156 Å². The van der Waals surface area contributed by atoms with Gasteiger partial charge in [0.05, 0.1) is 39.1 Å². The number of aliphatic hydroxyl groups excluding tert-OH is 4. The zero-order chi connectivity index (χ0) is 79.7. The van der Waals surface area contributed by atoms with Crippen LogP contribution >= 0.6 is 70.5 Å². The van der Waals surface area contributed by atoms with Crippen LogP contribution in [0, 0.1) is 22.7 Å². The number of nitrogen functional groups attached to an aromatic ring is 2. The van der Waals surface area contributed by atoms with Crippen molar-refractivity contribution in [1.82, 2.24) is 60.3 Å². The molecule has 2 aliphatic heterocycles. The molecule has 2 saturated heterocycles. The number of carbonyl (C=O) groups is 5. The second kappa shape index (κ2) is 39.6. The Balaban J connectivity index is 0.000000381. The van der Waals surface area contributed by atoms with Crippen LogP contribution in [0.4, 0.5) is 11.6 Å². The van der Waals surface area contributed by atoms with Crippen LogP contribution in [0.2, 0.25) is 0 Å². The van der Waals surface area contributed by atoms with Gasteiger partial charge in [0.1, 0.15) is 72.5 Å². The summed E-state index contributed by atoms with van der Waals surface area (Å²) in [5.74, 6) is -0.207. The number of anilines is 2. The third-order valence-electron chi connectivity index (χ3n) is 15.0. The van der Waals surface area contributed by atoms with Crippen molar-refractivity contribution in [3.63, 3.8) is 0 Å². The highest BCUT2D eigenvalue weighted by Crippen LogP contribution is 2.63. The van der Waals surface area contributed by atoms with E-state index in [1.54, 1.807) is 25.6 Å². The predicted molar refractivity (Wildman–Crippen MR) is 368 cm³/mol. The van der Waals surface area contributed by atoms with Crippen LogP contribution < -0.4 is 32.7 Å². The molecule has 6 rings (SSSR count). The summed E-state index contributed by atoms with van der Waals surface area (Å²) in [6.45, 7) is 9.20. The number of phosphoric acid groups is 6. The molecule has 7 unspecified atom stereocenters. The number of aromatic nitrogens is 8. The molecular weight excluding hydrogens is 1590 g/mol. The van der Waals surface area contributed by atoms with Gasteiger partial charge >= 0.3 is 46.9 Å². The Morgan fingerprint density at radius 2 is 0.953 bits per heavy atom. The van der Waals surface area contributed by atoms with Gasteiger partial charge in [-0.25, -0.2) is 57.3 Å². The van der Waals surface area contributed by atoms with Crippen molar-refractivity contribution in [2.75, 3.05) is 81.3 Å². The lowest BCUT2D eigenvalue weighted by molar-refractivity contribution is -0.137. The van der Waals surface area contributed by atoms with Crippen LogP contribution in [-0.4, -0.2) is 246 Å². The Morgan fingerprint density at radius 3 is 1.32 bits per heavy atom. The van der Waals surface area contributed by atoms with E-state index in [-0.39, 0.29) is 83.4 Å². The Bertz CT molecular complexity index is 3950. The smallest absolute Gasteiger partial charge is 0.386 e. The molecule has 2 aliphatic rings. The number of hydrogen-bond acceptors (Lipinski definition) is 35. The Morgan fingerprint density at radius 1 is 0.575 bits per heavy atom. The Kier molecular flexibility index (Phi) is 34.4. The SMILES string of the molecule is CC(C)C(=O)SCCNC(=O)CCNC(=O)C(O)C(C)(C)COP(=O)(O)OP(=O)(O)OC[C@H]1O[C@@H](n2cnc3c(N)ncnc32)[C@H](O)[C@@H]1OP(=O)(O)O.CCC(C)CSCCNC(=O)CCNC(=O)C(O)C(C)(C)COP(=O)(O)OP(=O)(O)OC[C@H]1O[C@@H](n2cnc3c(N)ncnc32)[C@H](O)[C@@H]1OP(=O)(O)O. The molecule has 47 nitrogen and oxygen atoms in total. The molecule has 0 radical (unpaired) electrons. The number of nitrogens with one attached hydrogen (secondary N) is 4. The van der Waals surface area contributed by atoms with Gasteiger partial charge in [0.2, 0.25) is 23.6 Å². The molecule has 6 heterocycles. The highest BCUT2D eigenvalue weighted by molar-refractivity contribution is 8.13. The van der Waals surface area contributed by atoms with Gasteiger partial charge in [-0.1, -0.05) is 73.6 Å². The van der Waals surface area contributed by atoms with E-state index in [0.717, 1.165) is 64.1 Å². The second-order valence-electron chi connectivity index (χ2n) is 25.0. The maximum atomic E-state index is 12.7. The number of amides is 4. The second-order valence-corrected chi connectivity index (χ2v) is 35.8. The molecule has 55 heteroatoms. The highest BCUT2D eigenvalue weighted by Gasteiger charge is 2.53. The van der Waals surface area contributed by atoms with Crippen LogP contribution in [0.1, 0.15) is 87.1 Å². The first-order valence-electron chi connectivity index (χ1n) is 31.5. The first-order valence-corrected chi connectivity index (χ1v) is 42.7. The molecule has 0 saturated carbocycles. The summed E-state index contributed by atoms with van der Waals surface area (Å²) in [6, 6.07) is 0. The van der Waals surface area contributed by atoms with Gasteiger partial charge < -0.3 is 102 Å². The number of ether oxygens (including phenoxy) is 2. The van der Waals surface area contributed by atoms with E-state index >= 15 is 0 Å². The van der Waals surface area contributed by atoms with Crippen LogP contribution in [0.3, 0.4) is 0 Å². The van der Waals surface area contributed by atoms with Crippen molar-refractivity contribution in [3.8, 4) is 0 Å². The molecule has 2 fully saturated rings. The van der Waals surface area contributed by atoms with Crippen LogP contribution in [-0.2, 0) is 96.6 Å². The number of phosphoric ester groups is 6. The fourth-order valence-corrected chi connectivity index (χ4v) is 16.5. The Hall–Kier alpha value is -4.55. The monoisotopic (exact) mass is 1670 g/mol. The average molecular weight is 1680 g/mol. The zero-order valence-corrected chi connectivity index (χ0v) is 64.8. The van der Waals surface area contributed by atoms with Gasteiger partial charge in [0, 0.05) is 67.3 Å². The summed E-state index contributed by atoms with van der Waals surface area (Å²) in [4.78, 5) is 162. The molecule has 0 aliphatic carbocycles. The zero-order valence-electron chi connectivity index (χ0n) is 57.8. The van der Waals surface area contributed by atoms with Gasteiger partial charge in [-0.3, -0.25) is 60.2 Å². The van der Waals surface area contributed by atoms with Crippen molar-refractivity contribution in [2.45, 2.75) is 136 Å². The molecule has 4 aromatic heterocycles. The standard InChI is InChI=1S/C26H46N7O16P3S.C25H42N7O17P3S/c1-5-15(2)11-53-9-8-28-17(34)6-7-29-24(37)21(36)26(3,4)12-46-52(43,44)49-51(41,42)45-10-16-20(48-50(38,39)40)19(35)25(47-16)33-14-32-18-22(27)30-13-31-23(18)33;1-13(2)24(37)53-8-7-27-15(33)5-6-28-22(36)19(35)25(3,4)10-46-52(43,44)49-51(41,42)45-9-14-18(48-50(38,39)40)17(34)23(47-14)32-12-31-16-20(26)29-11-30-21(16)32/h13-16,19-21,25,35-36H,5-12H2,1-4H3,(H,28,34)(H,29,37)(H,41,42)(H,43,44)(H2,27,30,31)(H2,38,39,40);11-14,17-19,23,34-35H,5-10H2,1-4H3,(H,27,33)(H,28,36)(H,41,42)(H,43,44)(H2,26,29,30)(H2,38,39,40)/t15?,16-,19-,20-,21?,25-;14-,17-,18-,19?,23-/m11/s1. The molecule has 0 spiro atoms. The van der Waals surface area contributed by atoms with Crippen LogP contribution in [0.5, 0.6) is 0 Å². The van der Waals surface area contributed by atoms with E-state index in [4.69, 9.17) is 39.0 Å². The lowest BCUT2D eigenvalue weighted by Gasteiger charge is -2.30. The van der Waals surface area contributed by atoms with Crippen molar-refractivity contribution in [1.29, 1.82) is 0 Å². The van der Waals surface area contributed by atoms with Gasteiger partial charge in [-0.2, -0.15) is 20.4 Å². The maximum Gasteiger partial charge on any atom is 0.481 e. The van der Waals surface area contributed by atoms with E-state index in [0.29, 0.717) is 18.2 Å². The third kappa shape index (κ3) is 29.0. The topological polar surface area (TPSA) is 710 Å². The van der Waals surface area contributed by atoms with E-state index in [2.05, 4.69) is 82.7 Å². The molecule has 4 aromatic rings. The Labute approximate surface area is 612 Å². The number of carbonyl (C=O) groups excluding carboxylic acids is 5. The molecule has 20 N–H and O–H groups in total. The van der Waals surface area contributed by atoms with Gasteiger partial charge in [0.25, 0.3) is 0 Å². The fourth-order valence-electron chi connectivity index (χ4n) is 9.05. The number of thioether (sulfide) groups is 2. The third-order valence-corrected chi connectivity index (χ3v) is 23.6. The van der Waals surface area contributed by atoms with Crippen molar-refractivity contribution in [3.05, 3.63) is 25.3 Å². The van der Waals surface area contributed by atoms with E-state index < -0.39 is 163 Å². The van der Waals surface area contributed by atoms with E-state index in [1.165, 1.54) is 27.7 Å². The lowest BCUT2D eigenvalue weighted by atomic mass is 9.87. The van der Waals surface area contributed by atoms with Crippen LogP contribution in [0.15, 0.2) is 25.3 Å². The molecule has 4 amide bonds. The normalized spacial score (nSPS) is 22.6. The molecule has 106 heavy (non-hydrogen) atoms. The summed E-state index contributed by atoms with van der Waals surface area (Å²) in [7, 11) is -32.7. The molecule has 15 atom stereocenters.